The van der Waals surface area contributed by atoms with Crippen molar-refractivity contribution in [3.8, 4) is 0 Å². The summed E-state index contributed by atoms with van der Waals surface area (Å²) >= 11 is 5.79. The van der Waals surface area contributed by atoms with Gasteiger partial charge in [0, 0.05) is 18.8 Å². The first-order valence-corrected chi connectivity index (χ1v) is 7.48. The number of aryl methyl sites for hydroxylation is 1. The van der Waals surface area contributed by atoms with Crippen LogP contribution < -0.4 is 0 Å². The Kier molecular flexibility index (Phi) is 3.43. The molecule has 0 bridgehead atoms. The van der Waals surface area contributed by atoms with Gasteiger partial charge < -0.3 is 4.57 Å². The van der Waals surface area contributed by atoms with Crippen molar-refractivity contribution >= 4 is 22.6 Å². The zero-order valence-corrected chi connectivity index (χ0v) is 12.4. The van der Waals surface area contributed by atoms with Crippen LogP contribution in [0.4, 0.5) is 13.2 Å². The Morgan fingerprint density at radius 1 is 1.33 bits per heavy atom. The number of benzene rings is 1. The molecule has 21 heavy (non-hydrogen) atoms. The van der Waals surface area contributed by atoms with Crippen LogP contribution in [-0.2, 0) is 19.1 Å². The van der Waals surface area contributed by atoms with Crippen molar-refractivity contribution in [3.05, 3.63) is 29.6 Å². The highest BCUT2D eigenvalue weighted by atomic mass is 35.5. The summed E-state index contributed by atoms with van der Waals surface area (Å²) in [4.78, 5) is 4.37. The van der Waals surface area contributed by atoms with Crippen molar-refractivity contribution < 1.29 is 13.2 Å². The van der Waals surface area contributed by atoms with E-state index in [2.05, 4.69) is 11.9 Å². The first-order valence-electron chi connectivity index (χ1n) is 6.95. The van der Waals surface area contributed by atoms with Gasteiger partial charge in [-0.05, 0) is 36.5 Å². The minimum Gasteiger partial charge on any atom is -0.327 e. The number of rotatable bonds is 4. The molecule has 0 radical (unpaired) electrons. The molecule has 0 N–H and O–H groups in total. The minimum atomic E-state index is -4.34. The fourth-order valence-electron chi connectivity index (χ4n) is 2.56. The van der Waals surface area contributed by atoms with Gasteiger partial charge in [-0.2, -0.15) is 13.2 Å². The second-order valence-corrected chi connectivity index (χ2v) is 6.44. The molecular formula is C15H16ClF3N2. The highest BCUT2D eigenvalue weighted by Gasteiger charge is 2.38. The van der Waals surface area contributed by atoms with Crippen LogP contribution in [0.2, 0.25) is 0 Å². The van der Waals surface area contributed by atoms with Crippen molar-refractivity contribution in [1.29, 1.82) is 0 Å². The van der Waals surface area contributed by atoms with Gasteiger partial charge in [-0.15, -0.1) is 11.6 Å². The first kappa shape index (κ1) is 14.7. The Morgan fingerprint density at radius 2 is 2.05 bits per heavy atom. The maximum atomic E-state index is 12.8. The van der Waals surface area contributed by atoms with Crippen LogP contribution in [0.5, 0.6) is 0 Å². The molecule has 3 rings (SSSR count). The molecule has 0 amide bonds. The zero-order chi connectivity index (χ0) is 15.3. The van der Waals surface area contributed by atoms with Gasteiger partial charge in [-0.25, -0.2) is 4.98 Å². The molecule has 1 fully saturated rings. The monoisotopic (exact) mass is 316 g/mol. The van der Waals surface area contributed by atoms with Gasteiger partial charge in [0.1, 0.15) is 5.82 Å². The van der Waals surface area contributed by atoms with Crippen molar-refractivity contribution in [2.75, 3.05) is 5.88 Å². The lowest BCUT2D eigenvalue weighted by Gasteiger charge is -2.13. The molecule has 0 atom stereocenters. The second-order valence-electron chi connectivity index (χ2n) is 6.07. The zero-order valence-electron chi connectivity index (χ0n) is 11.7. The third-order valence-corrected chi connectivity index (χ3v) is 4.31. The number of halogens is 4. The number of fused-ring (bicyclic) bond motifs is 1. The molecule has 1 heterocycles. The molecule has 114 valence electrons. The lowest BCUT2D eigenvalue weighted by atomic mass is 10.1. The highest BCUT2D eigenvalue weighted by Crippen LogP contribution is 2.47. The number of hydrogen-bond acceptors (Lipinski definition) is 1. The average molecular weight is 317 g/mol. The number of hydrogen-bond donors (Lipinski definition) is 0. The Bertz CT molecular complexity index is 671. The van der Waals surface area contributed by atoms with Crippen LogP contribution in [-0.4, -0.2) is 15.4 Å². The van der Waals surface area contributed by atoms with E-state index in [0.717, 1.165) is 42.9 Å². The fraction of sp³-hybridized carbons (Fsp3) is 0.533. The van der Waals surface area contributed by atoms with Crippen LogP contribution in [0.1, 0.15) is 31.2 Å². The summed E-state index contributed by atoms with van der Waals surface area (Å²) in [6, 6.07) is 3.77. The topological polar surface area (TPSA) is 17.8 Å². The maximum absolute atomic E-state index is 12.8. The molecule has 0 aliphatic heterocycles. The second kappa shape index (κ2) is 4.90. The van der Waals surface area contributed by atoms with Crippen molar-refractivity contribution in [3.63, 3.8) is 0 Å². The first-order chi connectivity index (χ1) is 9.82. The summed E-state index contributed by atoms with van der Waals surface area (Å²) in [6.07, 6.45) is -1.48. The quantitative estimate of drug-likeness (QED) is 0.752. The van der Waals surface area contributed by atoms with Gasteiger partial charge in [0.2, 0.25) is 0 Å². The Morgan fingerprint density at radius 3 is 2.62 bits per heavy atom. The molecule has 2 nitrogen and oxygen atoms in total. The van der Waals surface area contributed by atoms with Gasteiger partial charge in [0.05, 0.1) is 16.6 Å². The Hall–Kier alpha value is -1.23. The number of aromatic nitrogens is 2. The van der Waals surface area contributed by atoms with Gasteiger partial charge in [-0.1, -0.05) is 6.92 Å². The van der Waals surface area contributed by atoms with E-state index in [4.69, 9.17) is 11.6 Å². The number of imidazole rings is 1. The molecule has 0 spiro atoms. The normalized spacial score (nSPS) is 17.4. The smallest absolute Gasteiger partial charge is 0.327 e. The van der Waals surface area contributed by atoms with Gasteiger partial charge in [0.15, 0.2) is 0 Å². The molecule has 1 aliphatic rings. The van der Waals surface area contributed by atoms with Crippen molar-refractivity contribution in [2.45, 2.75) is 38.9 Å². The Balaban J connectivity index is 2.08. The van der Waals surface area contributed by atoms with E-state index in [1.807, 2.05) is 4.57 Å². The molecular weight excluding hydrogens is 301 g/mol. The predicted octanol–water partition coefficient (Wildman–Crippen LogP) is 4.64. The summed E-state index contributed by atoms with van der Waals surface area (Å²) in [7, 11) is 0. The lowest BCUT2D eigenvalue weighted by Crippen LogP contribution is -2.12. The third kappa shape index (κ3) is 2.89. The van der Waals surface area contributed by atoms with Crippen LogP contribution >= 0.6 is 11.6 Å². The molecule has 1 aromatic heterocycles. The summed E-state index contributed by atoms with van der Waals surface area (Å²) in [5, 5.41) is 0. The maximum Gasteiger partial charge on any atom is 0.416 e. The van der Waals surface area contributed by atoms with E-state index in [0.29, 0.717) is 17.8 Å². The van der Waals surface area contributed by atoms with E-state index in [9.17, 15) is 13.2 Å². The molecule has 2 aromatic rings. The van der Waals surface area contributed by atoms with Crippen molar-refractivity contribution in [2.24, 2.45) is 5.41 Å². The van der Waals surface area contributed by atoms with Gasteiger partial charge in [0.25, 0.3) is 0 Å². The van der Waals surface area contributed by atoms with Gasteiger partial charge >= 0.3 is 6.18 Å². The van der Waals surface area contributed by atoms with Crippen LogP contribution in [0.3, 0.4) is 0 Å². The van der Waals surface area contributed by atoms with E-state index >= 15 is 0 Å². The molecule has 1 aromatic carbocycles. The van der Waals surface area contributed by atoms with E-state index in [-0.39, 0.29) is 5.41 Å². The van der Waals surface area contributed by atoms with Gasteiger partial charge in [-0.3, -0.25) is 0 Å². The highest BCUT2D eigenvalue weighted by molar-refractivity contribution is 6.17. The predicted molar refractivity (Wildman–Crippen MR) is 76.5 cm³/mol. The van der Waals surface area contributed by atoms with E-state index in [1.54, 1.807) is 0 Å². The molecule has 1 aliphatic carbocycles. The lowest BCUT2D eigenvalue weighted by molar-refractivity contribution is -0.137. The van der Waals surface area contributed by atoms with E-state index < -0.39 is 11.7 Å². The van der Waals surface area contributed by atoms with Crippen molar-refractivity contribution in [1.82, 2.24) is 9.55 Å². The van der Waals surface area contributed by atoms with Crippen LogP contribution in [0, 0.1) is 5.41 Å². The molecule has 0 saturated heterocycles. The standard InChI is InChI=1S/C15H16ClF3N2/c1-14(5-6-14)9-21-12-3-2-10(15(17,18)19)8-11(12)20-13(21)4-7-16/h2-3,8H,4-7,9H2,1H3. The largest absolute Gasteiger partial charge is 0.416 e. The molecule has 6 heteroatoms. The fourth-order valence-corrected chi connectivity index (χ4v) is 2.73. The summed E-state index contributed by atoms with van der Waals surface area (Å²) < 4.78 is 40.4. The average Bonchev–Trinajstić information content (AvgIpc) is 3.03. The minimum absolute atomic E-state index is 0.247. The SMILES string of the molecule is CC1(Cn2c(CCCl)nc3cc(C(F)(F)F)ccc32)CC1. The summed E-state index contributed by atoms with van der Waals surface area (Å²) in [5.74, 6) is 1.18. The summed E-state index contributed by atoms with van der Waals surface area (Å²) in [5.41, 5.74) is 0.748. The molecule has 0 unspecified atom stereocenters. The third-order valence-electron chi connectivity index (χ3n) is 4.12. The summed E-state index contributed by atoms with van der Waals surface area (Å²) in [6.45, 7) is 2.98. The van der Waals surface area contributed by atoms with Crippen LogP contribution in [0.15, 0.2) is 18.2 Å². The van der Waals surface area contributed by atoms with Crippen LogP contribution in [0.25, 0.3) is 11.0 Å². The number of nitrogens with zero attached hydrogens (tertiary/aromatic N) is 2. The Labute approximate surface area is 125 Å². The molecule has 1 saturated carbocycles. The van der Waals surface area contributed by atoms with E-state index in [1.165, 1.54) is 6.07 Å². The number of alkyl halides is 4.